The van der Waals surface area contributed by atoms with E-state index >= 15 is 0 Å². The summed E-state index contributed by atoms with van der Waals surface area (Å²) in [6, 6.07) is 1.58. The summed E-state index contributed by atoms with van der Waals surface area (Å²) < 4.78 is 2.00. The average Bonchev–Trinajstić information content (AvgIpc) is 2.45. The molecule has 0 spiro atoms. The van der Waals surface area contributed by atoms with E-state index in [4.69, 9.17) is 0 Å². The molecule has 20 heavy (non-hydrogen) atoms. The van der Waals surface area contributed by atoms with E-state index < -0.39 is 0 Å². The number of aromatic nitrogens is 1. The van der Waals surface area contributed by atoms with Crippen molar-refractivity contribution >= 4 is 0 Å². The van der Waals surface area contributed by atoms with Crippen LogP contribution in [0.15, 0.2) is 17.1 Å². The van der Waals surface area contributed by atoms with E-state index in [1.165, 1.54) is 0 Å². The van der Waals surface area contributed by atoms with Crippen molar-refractivity contribution in [1.29, 1.82) is 0 Å². The van der Waals surface area contributed by atoms with Crippen molar-refractivity contribution in [1.82, 2.24) is 14.4 Å². The zero-order valence-corrected chi connectivity index (χ0v) is 12.5. The quantitative estimate of drug-likeness (QED) is 0.877. The van der Waals surface area contributed by atoms with E-state index in [0.717, 1.165) is 57.9 Å². The number of pyridine rings is 1. The lowest BCUT2D eigenvalue weighted by Crippen LogP contribution is -2.46. The second kappa shape index (κ2) is 6.90. The van der Waals surface area contributed by atoms with Crippen LogP contribution in [0.3, 0.4) is 0 Å². The molecule has 1 saturated heterocycles. The maximum atomic E-state index is 11.6. The van der Waals surface area contributed by atoms with Gasteiger partial charge in [-0.1, -0.05) is 13.8 Å². The maximum Gasteiger partial charge on any atom is 0.223 e. The van der Waals surface area contributed by atoms with Crippen LogP contribution in [0.25, 0.3) is 0 Å². The SMILES string of the molecule is CCCn1cc(O)c(=O)cc1CN1CCN(CC)CC1. The summed E-state index contributed by atoms with van der Waals surface area (Å²) in [5.74, 6) is -0.155. The van der Waals surface area contributed by atoms with Gasteiger partial charge < -0.3 is 14.6 Å². The Labute approximate surface area is 120 Å². The van der Waals surface area contributed by atoms with Crippen LogP contribution in [0.2, 0.25) is 0 Å². The molecule has 0 radical (unpaired) electrons. The Balaban J connectivity index is 2.08. The standard InChI is InChI=1S/C15H25N3O2/c1-3-5-18-12-15(20)14(19)10-13(18)11-17-8-6-16(4-2)7-9-17/h10,12,20H,3-9,11H2,1-2H3. The van der Waals surface area contributed by atoms with Crippen LogP contribution >= 0.6 is 0 Å². The fourth-order valence-corrected chi connectivity index (χ4v) is 2.68. The van der Waals surface area contributed by atoms with Crippen LogP contribution in [0.4, 0.5) is 0 Å². The minimum Gasteiger partial charge on any atom is -0.503 e. The molecular formula is C15H25N3O2. The molecule has 1 aliphatic heterocycles. The monoisotopic (exact) mass is 279 g/mol. The van der Waals surface area contributed by atoms with Crippen molar-refractivity contribution in [3.05, 3.63) is 28.2 Å². The molecule has 0 aromatic carbocycles. The number of aryl methyl sites for hydroxylation is 1. The van der Waals surface area contributed by atoms with Crippen LogP contribution in [-0.2, 0) is 13.1 Å². The summed E-state index contributed by atoms with van der Waals surface area (Å²) in [6.45, 7) is 11.3. The minimum absolute atomic E-state index is 0.155. The molecule has 5 heteroatoms. The van der Waals surface area contributed by atoms with Crippen LogP contribution in [0.1, 0.15) is 26.0 Å². The average molecular weight is 279 g/mol. The van der Waals surface area contributed by atoms with Crippen LogP contribution in [0.5, 0.6) is 5.75 Å². The molecular weight excluding hydrogens is 254 g/mol. The zero-order chi connectivity index (χ0) is 14.5. The molecule has 5 nitrogen and oxygen atoms in total. The number of piperazine rings is 1. The molecule has 0 aliphatic carbocycles. The fourth-order valence-electron chi connectivity index (χ4n) is 2.68. The molecule has 112 valence electrons. The summed E-state index contributed by atoms with van der Waals surface area (Å²) in [7, 11) is 0. The van der Waals surface area contributed by atoms with Crippen molar-refractivity contribution in [2.45, 2.75) is 33.4 Å². The number of nitrogens with zero attached hydrogens (tertiary/aromatic N) is 3. The Hall–Kier alpha value is -1.33. The Kier molecular flexibility index (Phi) is 5.20. The highest BCUT2D eigenvalue weighted by atomic mass is 16.3. The maximum absolute atomic E-state index is 11.6. The van der Waals surface area contributed by atoms with Crippen molar-refractivity contribution in [2.24, 2.45) is 0 Å². The van der Waals surface area contributed by atoms with Gasteiger partial charge in [-0.2, -0.15) is 0 Å². The third-order valence-electron chi connectivity index (χ3n) is 3.96. The molecule has 1 aromatic heterocycles. The summed E-state index contributed by atoms with van der Waals surface area (Å²) in [5, 5.41) is 9.57. The van der Waals surface area contributed by atoms with Gasteiger partial charge in [-0.3, -0.25) is 9.69 Å². The Morgan fingerprint density at radius 3 is 2.40 bits per heavy atom. The van der Waals surface area contributed by atoms with Crippen molar-refractivity contribution in [2.75, 3.05) is 32.7 Å². The molecule has 0 bridgehead atoms. The normalized spacial score (nSPS) is 17.5. The van der Waals surface area contributed by atoms with E-state index in [0.29, 0.717) is 0 Å². The first kappa shape index (κ1) is 15.1. The van der Waals surface area contributed by atoms with Crippen LogP contribution in [0, 0.1) is 0 Å². The first-order valence-electron chi connectivity index (χ1n) is 7.51. The zero-order valence-electron chi connectivity index (χ0n) is 12.5. The lowest BCUT2D eigenvalue weighted by molar-refractivity contribution is 0.129. The molecule has 1 fully saturated rings. The first-order chi connectivity index (χ1) is 9.63. The summed E-state index contributed by atoms with van der Waals surface area (Å²) in [4.78, 5) is 16.5. The molecule has 1 aromatic rings. The molecule has 0 amide bonds. The van der Waals surface area contributed by atoms with Crippen LogP contribution in [-0.4, -0.2) is 52.2 Å². The topological polar surface area (TPSA) is 48.7 Å². The summed E-state index contributed by atoms with van der Waals surface area (Å²) in [5.41, 5.74) is 0.721. The second-order valence-corrected chi connectivity index (χ2v) is 5.42. The highest BCUT2D eigenvalue weighted by Gasteiger charge is 2.17. The molecule has 2 heterocycles. The van der Waals surface area contributed by atoms with E-state index in [9.17, 15) is 9.90 Å². The first-order valence-corrected chi connectivity index (χ1v) is 7.51. The lowest BCUT2D eigenvalue weighted by Gasteiger charge is -2.34. The predicted octanol–water partition coefficient (Wildman–Crippen LogP) is 1.10. The molecule has 0 atom stereocenters. The Morgan fingerprint density at radius 1 is 1.15 bits per heavy atom. The van der Waals surface area contributed by atoms with Crippen LogP contribution < -0.4 is 5.43 Å². The third kappa shape index (κ3) is 3.61. The number of hydrogen-bond donors (Lipinski definition) is 1. The number of likely N-dealkylation sites (N-methyl/N-ethyl adjacent to an activating group) is 1. The Morgan fingerprint density at radius 2 is 1.80 bits per heavy atom. The van der Waals surface area contributed by atoms with Gasteiger partial charge >= 0.3 is 0 Å². The van der Waals surface area contributed by atoms with E-state index in [2.05, 4.69) is 23.6 Å². The Bertz CT molecular complexity index is 490. The van der Waals surface area contributed by atoms with Crippen molar-refractivity contribution in [3.63, 3.8) is 0 Å². The van der Waals surface area contributed by atoms with Gasteiger partial charge in [-0.25, -0.2) is 0 Å². The van der Waals surface area contributed by atoms with Gasteiger partial charge in [0.1, 0.15) is 0 Å². The molecule has 2 rings (SSSR count). The van der Waals surface area contributed by atoms with E-state index in [1.54, 1.807) is 12.3 Å². The molecule has 1 aliphatic rings. The summed E-state index contributed by atoms with van der Waals surface area (Å²) >= 11 is 0. The van der Waals surface area contributed by atoms with E-state index in [1.807, 2.05) is 4.57 Å². The van der Waals surface area contributed by atoms with Gasteiger partial charge in [-0.15, -0.1) is 0 Å². The van der Waals surface area contributed by atoms with Gasteiger partial charge in [0, 0.05) is 51.0 Å². The van der Waals surface area contributed by atoms with Gasteiger partial charge in [-0.05, 0) is 13.0 Å². The minimum atomic E-state index is -0.278. The third-order valence-corrected chi connectivity index (χ3v) is 3.96. The fraction of sp³-hybridized carbons (Fsp3) is 0.667. The van der Waals surface area contributed by atoms with Gasteiger partial charge in [0.25, 0.3) is 0 Å². The highest BCUT2D eigenvalue weighted by molar-refractivity contribution is 5.20. The van der Waals surface area contributed by atoms with E-state index in [-0.39, 0.29) is 11.2 Å². The predicted molar refractivity (Wildman–Crippen MR) is 80.0 cm³/mol. The molecule has 0 unspecified atom stereocenters. The van der Waals surface area contributed by atoms with Crippen molar-refractivity contribution < 1.29 is 5.11 Å². The second-order valence-electron chi connectivity index (χ2n) is 5.42. The molecule has 0 saturated carbocycles. The number of aromatic hydroxyl groups is 1. The summed E-state index contributed by atoms with van der Waals surface area (Å²) in [6.07, 6.45) is 2.56. The van der Waals surface area contributed by atoms with Gasteiger partial charge in [0.15, 0.2) is 5.75 Å². The number of hydrogen-bond acceptors (Lipinski definition) is 4. The van der Waals surface area contributed by atoms with Gasteiger partial charge in [0.2, 0.25) is 5.43 Å². The van der Waals surface area contributed by atoms with Crippen molar-refractivity contribution in [3.8, 4) is 5.75 Å². The largest absolute Gasteiger partial charge is 0.503 e. The molecule has 1 N–H and O–H groups in total. The number of rotatable bonds is 5. The highest BCUT2D eigenvalue weighted by Crippen LogP contribution is 2.11. The lowest BCUT2D eigenvalue weighted by atomic mass is 10.2. The smallest absolute Gasteiger partial charge is 0.223 e. The van der Waals surface area contributed by atoms with Gasteiger partial charge in [0.05, 0.1) is 6.20 Å².